The number of Topliss-reactive ketones (excluding diaryl/α,β-unsaturated/α-hetero) is 1. The molecule has 86 valence electrons. The number of thiol groups is 1. The lowest BCUT2D eigenvalue weighted by Gasteiger charge is -2.26. The Kier molecular flexibility index (Phi) is 5.15. The standard InChI is InChI=1S/C11H19NO2S/c1-8(13)2-7-11(14)12-9-3-5-10(15)6-4-9/h9-10,15H,2-7H2,1H3,(H,12,14). The quantitative estimate of drug-likeness (QED) is 0.721. The third-order valence-corrected chi connectivity index (χ3v) is 3.28. The Morgan fingerprint density at radius 2 is 1.80 bits per heavy atom. The van der Waals surface area contributed by atoms with E-state index in [-0.39, 0.29) is 11.7 Å². The second-order valence-corrected chi connectivity index (χ2v) is 5.01. The zero-order valence-corrected chi connectivity index (χ0v) is 10.1. The van der Waals surface area contributed by atoms with E-state index in [9.17, 15) is 9.59 Å². The molecule has 0 aromatic heterocycles. The second kappa shape index (κ2) is 6.16. The highest BCUT2D eigenvalue weighted by atomic mass is 32.1. The van der Waals surface area contributed by atoms with E-state index in [1.54, 1.807) is 0 Å². The summed E-state index contributed by atoms with van der Waals surface area (Å²) in [5, 5.41) is 3.47. The van der Waals surface area contributed by atoms with Crippen LogP contribution in [0.5, 0.6) is 0 Å². The Morgan fingerprint density at radius 1 is 1.20 bits per heavy atom. The van der Waals surface area contributed by atoms with Gasteiger partial charge in [0.2, 0.25) is 5.91 Å². The van der Waals surface area contributed by atoms with Crippen LogP contribution >= 0.6 is 12.6 Å². The third-order valence-electron chi connectivity index (χ3n) is 2.77. The minimum Gasteiger partial charge on any atom is -0.353 e. The summed E-state index contributed by atoms with van der Waals surface area (Å²) in [6.07, 6.45) is 4.85. The summed E-state index contributed by atoms with van der Waals surface area (Å²) in [5.74, 6) is 0.0806. The molecule has 1 amide bonds. The summed E-state index contributed by atoms with van der Waals surface area (Å²) in [7, 11) is 0. The van der Waals surface area contributed by atoms with Crippen molar-refractivity contribution in [1.82, 2.24) is 5.32 Å². The molecule has 15 heavy (non-hydrogen) atoms. The van der Waals surface area contributed by atoms with Crippen molar-refractivity contribution in [2.45, 2.75) is 56.7 Å². The zero-order valence-electron chi connectivity index (χ0n) is 9.16. The highest BCUT2D eigenvalue weighted by Crippen LogP contribution is 2.22. The van der Waals surface area contributed by atoms with Crippen molar-refractivity contribution in [2.75, 3.05) is 0 Å². The van der Waals surface area contributed by atoms with Gasteiger partial charge in [0.25, 0.3) is 0 Å². The summed E-state index contributed by atoms with van der Waals surface area (Å²) < 4.78 is 0. The topological polar surface area (TPSA) is 46.2 Å². The molecule has 0 heterocycles. The van der Waals surface area contributed by atoms with Gasteiger partial charge in [-0.15, -0.1) is 0 Å². The van der Waals surface area contributed by atoms with Crippen molar-refractivity contribution < 1.29 is 9.59 Å². The molecule has 4 heteroatoms. The predicted octanol–water partition coefficient (Wildman–Crippen LogP) is 1.71. The fourth-order valence-electron chi connectivity index (χ4n) is 1.81. The van der Waals surface area contributed by atoms with Crippen LogP contribution in [-0.4, -0.2) is 23.0 Å². The summed E-state index contributed by atoms with van der Waals surface area (Å²) in [6, 6.07) is 0.299. The summed E-state index contributed by atoms with van der Waals surface area (Å²) in [4.78, 5) is 22.1. The normalized spacial score (nSPS) is 26.0. The Bertz CT molecular complexity index is 235. The van der Waals surface area contributed by atoms with Gasteiger partial charge < -0.3 is 10.1 Å². The lowest BCUT2D eigenvalue weighted by molar-refractivity contribution is -0.125. The van der Waals surface area contributed by atoms with Crippen LogP contribution in [0, 0.1) is 0 Å². The van der Waals surface area contributed by atoms with E-state index in [4.69, 9.17) is 0 Å². The summed E-state index contributed by atoms with van der Waals surface area (Å²) in [6.45, 7) is 1.51. The largest absolute Gasteiger partial charge is 0.353 e. The van der Waals surface area contributed by atoms with E-state index in [0.29, 0.717) is 24.1 Å². The molecule has 3 nitrogen and oxygen atoms in total. The van der Waals surface area contributed by atoms with E-state index in [1.165, 1.54) is 6.92 Å². The number of ketones is 1. The molecule has 1 aliphatic rings. The highest BCUT2D eigenvalue weighted by molar-refractivity contribution is 7.80. The van der Waals surface area contributed by atoms with E-state index >= 15 is 0 Å². The Balaban J connectivity index is 2.17. The molecular formula is C11H19NO2S. The second-order valence-electron chi connectivity index (χ2n) is 4.27. The van der Waals surface area contributed by atoms with Gasteiger partial charge in [0.15, 0.2) is 0 Å². The van der Waals surface area contributed by atoms with Gasteiger partial charge in [-0.3, -0.25) is 4.79 Å². The molecule has 0 aromatic carbocycles. The van der Waals surface area contributed by atoms with Crippen LogP contribution in [0.2, 0.25) is 0 Å². The van der Waals surface area contributed by atoms with Gasteiger partial charge in [-0.05, 0) is 32.6 Å². The molecule has 1 N–H and O–H groups in total. The van der Waals surface area contributed by atoms with Crippen LogP contribution in [0.3, 0.4) is 0 Å². The average Bonchev–Trinajstić information content (AvgIpc) is 2.19. The van der Waals surface area contributed by atoms with Crippen LogP contribution in [0.25, 0.3) is 0 Å². The Hall–Kier alpha value is -0.510. The maximum Gasteiger partial charge on any atom is 0.220 e. The maximum absolute atomic E-state index is 11.4. The molecule has 0 spiro atoms. The minimum atomic E-state index is 0.00724. The van der Waals surface area contributed by atoms with E-state index in [0.717, 1.165) is 25.7 Å². The number of amides is 1. The Labute approximate surface area is 96.4 Å². The van der Waals surface area contributed by atoms with E-state index in [1.807, 2.05) is 0 Å². The Morgan fingerprint density at radius 3 is 2.33 bits per heavy atom. The smallest absolute Gasteiger partial charge is 0.220 e. The van der Waals surface area contributed by atoms with Crippen LogP contribution in [0.1, 0.15) is 45.4 Å². The first kappa shape index (κ1) is 12.6. The SMILES string of the molecule is CC(=O)CCC(=O)NC1CCC(S)CC1. The molecule has 1 saturated carbocycles. The van der Waals surface area contributed by atoms with Gasteiger partial charge in [0.1, 0.15) is 5.78 Å². The van der Waals surface area contributed by atoms with Crippen molar-refractivity contribution in [3.8, 4) is 0 Å². The predicted molar refractivity (Wildman–Crippen MR) is 63.1 cm³/mol. The molecule has 1 rings (SSSR count). The molecule has 0 bridgehead atoms. The van der Waals surface area contributed by atoms with Gasteiger partial charge in [0.05, 0.1) is 0 Å². The van der Waals surface area contributed by atoms with Crippen LogP contribution in [-0.2, 0) is 9.59 Å². The molecule has 0 atom stereocenters. The van der Waals surface area contributed by atoms with Crippen molar-refractivity contribution in [2.24, 2.45) is 0 Å². The molecule has 1 aliphatic carbocycles. The molecular weight excluding hydrogens is 210 g/mol. The van der Waals surface area contributed by atoms with Crippen LogP contribution in [0.15, 0.2) is 0 Å². The first-order valence-electron chi connectivity index (χ1n) is 5.55. The first-order valence-corrected chi connectivity index (χ1v) is 6.06. The zero-order chi connectivity index (χ0) is 11.3. The number of hydrogen-bond donors (Lipinski definition) is 2. The minimum absolute atomic E-state index is 0.00724. The molecule has 1 fully saturated rings. The van der Waals surface area contributed by atoms with Gasteiger partial charge >= 0.3 is 0 Å². The van der Waals surface area contributed by atoms with Gasteiger partial charge in [-0.2, -0.15) is 12.6 Å². The van der Waals surface area contributed by atoms with E-state index < -0.39 is 0 Å². The number of hydrogen-bond acceptors (Lipinski definition) is 3. The highest BCUT2D eigenvalue weighted by Gasteiger charge is 2.19. The average molecular weight is 229 g/mol. The monoisotopic (exact) mass is 229 g/mol. The van der Waals surface area contributed by atoms with E-state index in [2.05, 4.69) is 17.9 Å². The van der Waals surface area contributed by atoms with Gasteiger partial charge in [-0.1, -0.05) is 0 Å². The van der Waals surface area contributed by atoms with Crippen molar-refractivity contribution in [3.05, 3.63) is 0 Å². The maximum atomic E-state index is 11.4. The van der Waals surface area contributed by atoms with Crippen molar-refractivity contribution >= 4 is 24.3 Å². The number of carbonyl (C=O) groups excluding carboxylic acids is 2. The number of rotatable bonds is 4. The van der Waals surface area contributed by atoms with Crippen molar-refractivity contribution in [3.63, 3.8) is 0 Å². The third kappa shape index (κ3) is 5.21. The van der Waals surface area contributed by atoms with Gasteiger partial charge in [0, 0.05) is 24.1 Å². The molecule has 0 aliphatic heterocycles. The van der Waals surface area contributed by atoms with Crippen molar-refractivity contribution in [1.29, 1.82) is 0 Å². The lowest BCUT2D eigenvalue weighted by atomic mass is 9.95. The van der Waals surface area contributed by atoms with Crippen LogP contribution < -0.4 is 5.32 Å². The fraction of sp³-hybridized carbons (Fsp3) is 0.818. The van der Waals surface area contributed by atoms with Gasteiger partial charge in [-0.25, -0.2) is 0 Å². The molecule has 0 saturated heterocycles. The number of carbonyl (C=O) groups is 2. The molecule has 0 radical (unpaired) electrons. The van der Waals surface area contributed by atoms with Crippen LogP contribution in [0.4, 0.5) is 0 Å². The summed E-state index contributed by atoms with van der Waals surface area (Å²) >= 11 is 4.40. The molecule has 0 unspecified atom stereocenters. The lowest BCUT2D eigenvalue weighted by Crippen LogP contribution is -2.37. The molecule has 0 aromatic rings. The number of nitrogens with one attached hydrogen (secondary N) is 1. The fourth-order valence-corrected chi connectivity index (χ4v) is 2.11. The first-order chi connectivity index (χ1) is 7.08. The summed E-state index contributed by atoms with van der Waals surface area (Å²) in [5.41, 5.74) is 0.